The second-order valence-electron chi connectivity index (χ2n) is 6.76. The van der Waals surface area contributed by atoms with E-state index in [0.29, 0.717) is 6.42 Å². The number of fused-ring (bicyclic) bond motifs is 2. The van der Waals surface area contributed by atoms with Crippen LogP contribution in [0.1, 0.15) is 51.4 Å². The molecule has 2 aromatic rings. The van der Waals surface area contributed by atoms with E-state index in [-0.39, 0.29) is 10.9 Å². The van der Waals surface area contributed by atoms with E-state index in [4.69, 9.17) is 5.11 Å². The van der Waals surface area contributed by atoms with Crippen LogP contribution in [0.5, 0.6) is 0 Å². The zero-order chi connectivity index (χ0) is 18.9. The van der Waals surface area contributed by atoms with Gasteiger partial charge in [0, 0.05) is 6.42 Å². The summed E-state index contributed by atoms with van der Waals surface area (Å²) in [5.41, 5.74) is 0. The van der Waals surface area contributed by atoms with Gasteiger partial charge in [0.25, 0.3) is 0 Å². The molecule has 0 aliphatic carbocycles. The molecule has 3 rings (SSSR count). The number of hydrogen-bond donors (Lipinski definition) is 1. The summed E-state index contributed by atoms with van der Waals surface area (Å²) in [7, 11) is 0.0324. The van der Waals surface area contributed by atoms with Crippen molar-refractivity contribution in [3.63, 3.8) is 0 Å². The van der Waals surface area contributed by atoms with Crippen LogP contribution in [0, 0.1) is 0 Å². The standard InChI is InChI=1S/C23H26O2S2/c24-23(25)17-7-5-3-1-2-4-6-12-18-27-21-15-10-8-13-19(21)26-20-14-9-11-16-22(20)27/h8-16,18H,1-7,17H2/p+1. The van der Waals surface area contributed by atoms with Gasteiger partial charge in [-0.25, -0.2) is 0 Å². The third kappa shape index (κ3) is 5.91. The van der Waals surface area contributed by atoms with Crippen molar-refractivity contribution in [3.8, 4) is 0 Å². The van der Waals surface area contributed by atoms with Crippen molar-refractivity contribution in [1.29, 1.82) is 0 Å². The SMILES string of the molecule is O=C(O)CCCCCCCCC=C[S+]1c2ccccc2Sc2ccccc21. The maximum absolute atomic E-state index is 10.5. The minimum Gasteiger partial charge on any atom is -0.481 e. The molecule has 0 radical (unpaired) electrons. The molecular formula is C23H27O2S2+. The van der Waals surface area contributed by atoms with Gasteiger partial charge in [-0.15, -0.1) is 0 Å². The highest BCUT2D eigenvalue weighted by molar-refractivity contribution is 8.05. The average Bonchev–Trinajstić information content (AvgIpc) is 2.68. The van der Waals surface area contributed by atoms with Crippen molar-refractivity contribution in [2.75, 3.05) is 0 Å². The zero-order valence-corrected chi connectivity index (χ0v) is 17.2. The summed E-state index contributed by atoms with van der Waals surface area (Å²) in [6.45, 7) is 0. The number of benzene rings is 2. The number of rotatable bonds is 10. The Labute approximate surface area is 169 Å². The normalized spacial score (nSPS) is 13.5. The fourth-order valence-corrected chi connectivity index (χ4v) is 6.76. The van der Waals surface area contributed by atoms with Crippen molar-refractivity contribution in [3.05, 3.63) is 60.0 Å². The molecule has 0 unspecified atom stereocenters. The molecule has 0 aromatic heterocycles. The van der Waals surface area contributed by atoms with Crippen molar-refractivity contribution < 1.29 is 9.90 Å². The molecule has 0 amide bonds. The van der Waals surface area contributed by atoms with Crippen LogP contribution in [0.2, 0.25) is 0 Å². The number of hydrogen-bond acceptors (Lipinski definition) is 2. The second kappa shape index (κ2) is 10.6. The molecule has 4 heteroatoms. The molecular weight excluding hydrogens is 372 g/mol. The van der Waals surface area contributed by atoms with Crippen LogP contribution >= 0.6 is 11.8 Å². The Morgan fingerprint density at radius 3 is 2.04 bits per heavy atom. The molecule has 0 saturated carbocycles. The first-order valence-electron chi connectivity index (χ1n) is 9.73. The van der Waals surface area contributed by atoms with Crippen LogP contribution in [0.25, 0.3) is 0 Å². The molecule has 0 fully saturated rings. The van der Waals surface area contributed by atoms with Crippen molar-refractivity contribution in [2.45, 2.75) is 70.9 Å². The fourth-order valence-electron chi connectivity index (χ4n) is 3.23. The predicted octanol–water partition coefficient (Wildman–Crippen LogP) is 6.91. The van der Waals surface area contributed by atoms with Crippen molar-refractivity contribution >= 4 is 28.6 Å². The van der Waals surface area contributed by atoms with Crippen molar-refractivity contribution in [2.24, 2.45) is 0 Å². The molecule has 0 atom stereocenters. The lowest BCUT2D eigenvalue weighted by Crippen LogP contribution is -2.07. The second-order valence-corrected chi connectivity index (χ2v) is 9.67. The largest absolute Gasteiger partial charge is 0.481 e. The lowest BCUT2D eigenvalue weighted by atomic mass is 10.1. The molecule has 1 aliphatic rings. The predicted molar refractivity (Wildman–Crippen MR) is 115 cm³/mol. The van der Waals surface area contributed by atoms with E-state index in [1.807, 2.05) is 11.8 Å². The molecule has 0 spiro atoms. The summed E-state index contributed by atoms with van der Waals surface area (Å²) in [4.78, 5) is 16.1. The Kier molecular flexibility index (Phi) is 7.91. The first-order chi connectivity index (χ1) is 13.3. The molecule has 1 aliphatic heterocycles. The number of carboxylic acid groups (broad SMARTS) is 1. The Balaban J connectivity index is 1.47. The summed E-state index contributed by atoms with van der Waals surface area (Å²) >= 11 is 1.88. The molecule has 142 valence electrons. The van der Waals surface area contributed by atoms with E-state index in [1.165, 1.54) is 38.8 Å². The van der Waals surface area contributed by atoms with Gasteiger partial charge in [0.1, 0.15) is 5.41 Å². The Morgan fingerprint density at radius 1 is 0.852 bits per heavy atom. The number of unbranched alkanes of at least 4 members (excludes halogenated alkanes) is 6. The van der Waals surface area contributed by atoms with E-state index in [1.54, 1.807) is 0 Å². The van der Waals surface area contributed by atoms with E-state index >= 15 is 0 Å². The zero-order valence-electron chi connectivity index (χ0n) is 15.6. The molecule has 0 saturated heterocycles. The molecule has 2 nitrogen and oxygen atoms in total. The monoisotopic (exact) mass is 399 g/mol. The van der Waals surface area contributed by atoms with Gasteiger partial charge in [-0.2, -0.15) is 0 Å². The minimum atomic E-state index is -0.676. The Bertz CT molecular complexity index is 740. The quantitative estimate of drug-likeness (QED) is 0.348. The lowest BCUT2D eigenvalue weighted by molar-refractivity contribution is -0.137. The van der Waals surface area contributed by atoms with Crippen LogP contribution in [0.3, 0.4) is 0 Å². The van der Waals surface area contributed by atoms with E-state index in [9.17, 15) is 4.79 Å². The maximum atomic E-state index is 10.5. The van der Waals surface area contributed by atoms with Crippen LogP contribution in [-0.4, -0.2) is 11.1 Å². The molecule has 0 bridgehead atoms. The highest BCUT2D eigenvalue weighted by atomic mass is 32.2. The lowest BCUT2D eigenvalue weighted by Gasteiger charge is -2.16. The van der Waals surface area contributed by atoms with E-state index < -0.39 is 5.97 Å². The summed E-state index contributed by atoms with van der Waals surface area (Å²) in [6.07, 6.45) is 10.4. The fraction of sp³-hybridized carbons (Fsp3) is 0.348. The van der Waals surface area contributed by atoms with E-state index in [2.05, 4.69) is 60.0 Å². The average molecular weight is 400 g/mol. The first kappa shape index (κ1) is 20.1. The van der Waals surface area contributed by atoms with Gasteiger partial charge >= 0.3 is 5.97 Å². The maximum Gasteiger partial charge on any atom is 0.303 e. The van der Waals surface area contributed by atoms with Crippen LogP contribution < -0.4 is 0 Å². The van der Waals surface area contributed by atoms with Crippen LogP contribution in [0.15, 0.2) is 79.6 Å². The van der Waals surface area contributed by atoms with Gasteiger partial charge in [-0.3, -0.25) is 4.79 Å². The molecule has 2 aromatic carbocycles. The van der Waals surface area contributed by atoms with Gasteiger partial charge in [0.2, 0.25) is 0 Å². The summed E-state index contributed by atoms with van der Waals surface area (Å²) in [5, 5.41) is 11.0. The number of carbonyl (C=O) groups is 1. The minimum absolute atomic E-state index is 0.0324. The van der Waals surface area contributed by atoms with E-state index in [0.717, 1.165) is 25.7 Å². The summed E-state index contributed by atoms with van der Waals surface area (Å²) in [5.74, 6) is -0.676. The summed E-state index contributed by atoms with van der Waals surface area (Å²) in [6, 6.07) is 17.5. The van der Waals surface area contributed by atoms with Crippen LogP contribution in [-0.2, 0) is 15.7 Å². The number of carboxylic acids is 1. The highest BCUT2D eigenvalue weighted by Gasteiger charge is 2.33. The number of allylic oxidation sites excluding steroid dienone is 1. The van der Waals surface area contributed by atoms with Gasteiger partial charge in [0.15, 0.2) is 9.79 Å². The topological polar surface area (TPSA) is 37.3 Å². The Morgan fingerprint density at radius 2 is 1.41 bits per heavy atom. The highest BCUT2D eigenvalue weighted by Crippen LogP contribution is 2.45. The third-order valence-corrected chi connectivity index (χ3v) is 8.17. The van der Waals surface area contributed by atoms with Crippen molar-refractivity contribution in [1.82, 2.24) is 0 Å². The van der Waals surface area contributed by atoms with Crippen LogP contribution in [0.4, 0.5) is 0 Å². The third-order valence-electron chi connectivity index (χ3n) is 4.64. The van der Waals surface area contributed by atoms with Gasteiger partial charge in [-0.1, -0.05) is 61.7 Å². The first-order valence-corrected chi connectivity index (χ1v) is 11.8. The molecule has 1 N–H and O–H groups in total. The molecule has 27 heavy (non-hydrogen) atoms. The van der Waals surface area contributed by atoms with Gasteiger partial charge < -0.3 is 5.11 Å². The van der Waals surface area contributed by atoms with Gasteiger partial charge in [0.05, 0.1) is 20.7 Å². The summed E-state index contributed by atoms with van der Waals surface area (Å²) < 4.78 is 0. The molecule has 1 heterocycles. The van der Waals surface area contributed by atoms with Gasteiger partial charge in [-0.05, 0) is 49.6 Å². The number of aliphatic carboxylic acids is 1. The Hall–Kier alpha value is -1.65. The smallest absolute Gasteiger partial charge is 0.303 e.